The van der Waals surface area contributed by atoms with E-state index in [2.05, 4.69) is 5.73 Å². The Morgan fingerprint density at radius 2 is 1.57 bits per heavy atom. The van der Waals surface area contributed by atoms with Gasteiger partial charge in [-0.25, -0.2) is 0 Å². The summed E-state index contributed by atoms with van der Waals surface area (Å²) in [5, 5.41) is 16.3. The summed E-state index contributed by atoms with van der Waals surface area (Å²) >= 11 is 0. The third-order valence-electron chi connectivity index (χ3n) is 1.92. The molecule has 1 atom stereocenters. The molecule has 0 aliphatic rings. The first-order chi connectivity index (χ1) is 9.01. The molecule has 0 aromatic rings. The minimum absolute atomic E-state index is 0. The SMILES string of the molecule is CCC(=O)O[C@H](CC(=O)O)C[N+](C)(C)C.NCC(=O)O.[Cl-]. The van der Waals surface area contributed by atoms with E-state index >= 15 is 0 Å². The molecule has 21 heavy (non-hydrogen) atoms. The molecular formula is C12H25ClN2O6. The number of hydrogen-bond donors (Lipinski definition) is 3. The fraction of sp³-hybridized carbons (Fsp3) is 0.750. The Morgan fingerprint density at radius 1 is 1.14 bits per heavy atom. The van der Waals surface area contributed by atoms with Crippen molar-refractivity contribution in [1.82, 2.24) is 0 Å². The van der Waals surface area contributed by atoms with Crippen molar-refractivity contribution in [3.05, 3.63) is 0 Å². The maximum atomic E-state index is 11.1. The van der Waals surface area contributed by atoms with Crippen LogP contribution in [0.5, 0.6) is 0 Å². The molecule has 8 nitrogen and oxygen atoms in total. The summed E-state index contributed by atoms with van der Waals surface area (Å²) in [4.78, 5) is 30.9. The summed E-state index contributed by atoms with van der Waals surface area (Å²) in [5.74, 6) is -2.27. The van der Waals surface area contributed by atoms with E-state index in [1.807, 2.05) is 21.1 Å². The molecule has 0 saturated carbocycles. The third kappa shape index (κ3) is 21.1. The second kappa shape index (κ2) is 12.4. The van der Waals surface area contributed by atoms with Crippen LogP contribution in [0, 0.1) is 0 Å². The van der Waals surface area contributed by atoms with Gasteiger partial charge in [0.1, 0.15) is 6.54 Å². The number of carboxylic acid groups (broad SMARTS) is 2. The number of nitrogens with zero attached hydrogens (tertiary/aromatic N) is 1. The molecule has 126 valence electrons. The monoisotopic (exact) mass is 328 g/mol. The molecule has 9 heteroatoms. The molecule has 0 rings (SSSR count). The summed E-state index contributed by atoms with van der Waals surface area (Å²) in [6, 6.07) is 0. The minimum Gasteiger partial charge on any atom is -1.00 e. The number of esters is 1. The summed E-state index contributed by atoms with van der Waals surface area (Å²) in [7, 11) is 5.78. The number of quaternary nitrogens is 1. The topological polar surface area (TPSA) is 127 Å². The van der Waals surface area contributed by atoms with Crippen LogP contribution in [0.15, 0.2) is 0 Å². The van der Waals surface area contributed by atoms with Crippen LogP contribution in [0.3, 0.4) is 0 Å². The number of nitrogens with two attached hydrogens (primary N) is 1. The molecule has 0 bridgehead atoms. The third-order valence-corrected chi connectivity index (χ3v) is 1.92. The first kappa shape index (κ1) is 24.6. The zero-order valence-electron chi connectivity index (χ0n) is 12.8. The Bertz CT molecular complexity index is 330. The van der Waals surface area contributed by atoms with Gasteiger partial charge in [0.05, 0.1) is 34.1 Å². The normalized spacial score (nSPS) is 11.3. The van der Waals surface area contributed by atoms with E-state index in [1.165, 1.54) is 0 Å². The lowest BCUT2D eigenvalue weighted by atomic mass is 10.2. The van der Waals surface area contributed by atoms with Crippen LogP contribution in [-0.4, -0.2) is 72.9 Å². The van der Waals surface area contributed by atoms with Crippen molar-refractivity contribution >= 4 is 17.9 Å². The van der Waals surface area contributed by atoms with Crippen molar-refractivity contribution < 1.29 is 46.2 Å². The van der Waals surface area contributed by atoms with Crippen molar-refractivity contribution in [3.63, 3.8) is 0 Å². The zero-order valence-corrected chi connectivity index (χ0v) is 13.6. The average Bonchev–Trinajstić information content (AvgIpc) is 2.26. The summed E-state index contributed by atoms with van der Waals surface area (Å²) in [5.41, 5.74) is 4.57. The Kier molecular flexibility index (Phi) is 14.5. The van der Waals surface area contributed by atoms with E-state index in [4.69, 9.17) is 14.9 Å². The lowest BCUT2D eigenvalue weighted by Gasteiger charge is -2.28. The largest absolute Gasteiger partial charge is 1.00 e. The summed E-state index contributed by atoms with van der Waals surface area (Å²) in [6.45, 7) is 1.91. The van der Waals surface area contributed by atoms with Crippen molar-refractivity contribution in [3.8, 4) is 0 Å². The molecule has 4 N–H and O–H groups in total. The van der Waals surface area contributed by atoms with Crippen LogP contribution in [0.4, 0.5) is 0 Å². The predicted octanol–water partition coefficient (Wildman–Crippen LogP) is -3.48. The number of carboxylic acids is 2. The minimum atomic E-state index is -0.968. The quantitative estimate of drug-likeness (QED) is 0.327. The number of ether oxygens (including phenoxy) is 1. The second-order valence-electron chi connectivity index (χ2n) is 5.13. The molecular weight excluding hydrogens is 304 g/mol. The van der Waals surface area contributed by atoms with E-state index in [0.29, 0.717) is 11.0 Å². The number of halogens is 1. The molecule has 0 unspecified atom stereocenters. The maximum Gasteiger partial charge on any atom is 0.317 e. The number of carbonyl (C=O) groups excluding carboxylic acids is 1. The van der Waals surface area contributed by atoms with E-state index < -0.39 is 18.0 Å². The highest BCUT2D eigenvalue weighted by Gasteiger charge is 2.23. The Balaban J connectivity index is -0.000000465. The number of rotatable bonds is 7. The van der Waals surface area contributed by atoms with Gasteiger partial charge in [-0.15, -0.1) is 0 Å². The first-order valence-electron chi connectivity index (χ1n) is 6.15. The van der Waals surface area contributed by atoms with Gasteiger partial charge in [-0.3, -0.25) is 14.4 Å². The van der Waals surface area contributed by atoms with Gasteiger partial charge in [0.2, 0.25) is 0 Å². The van der Waals surface area contributed by atoms with Crippen LogP contribution in [0.1, 0.15) is 19.8 Å². The van der Waals surface area contributed by atoms with E-state index in [-0.39, 0.29) is 37.8 Å². The highest BCUT2D eigenvalue weighted by Crippen LogP contribution is 2.06. The second-order valence-corrected chi connectivity index (χ2v) is 5.13. The number of aliphatic carboxylic acids is 2. The molecule has 0 aliphatic carbocycles. The Morgan fingerprint density at radius 3 is 1.81 bits per heavy atom. The standard InChI is InChI=1S/C10H19NO4.C2H5NO2.ClH/c1-5-10(14)15-8(6-9(12)13)7-11(2,3)4;3-1-2(4)5;/h8H,5-7H2,1-4H3;1,3H2,(H,4,5);1H/t8-;;/m1../s1. The highest BCUT2D eigenvalue weighted by atomic mass is 35.5. The molecule has 0 aromatic heterocycles. The van der Waals surface area contributed by atoms with Crippen LogP contribution < -0.4 is 18.1 Å². The van der Waals surface area contributed by atoms with Crippen LogP contribution in [0.2, 0.25) is 0 Å². The van der Waals surface area contributed by atoms with Gasteiger partial charge >= 0.3 is 17.9 Å². The zero-order chi connectivity index (χ0) is 16.3. The van der Waals surface area contributed by atoms with Gasteiger partial charge in [-0.1, -0.05) is 6.92 Å². The van der Waals surface area contributed by atoms with Crippen molar-refractivity contribution in [2.24, 2.45) is 5.73 Å². The van der Waals surface area contributed by atoms with Gasteiger partial charge in [-0.2, -0.15) is 0 Å². The number of likely N-dealkylation sites (N-methyl/N-ethyl adjacent to an activating group) is 1. The van der Waals surface area contributed by atoms with Gasteiger partial charge in [-0.05, 0) is 0 Å². The predicted molar refractivity (Wildman–Crippen MR) is 72.0 cm³/mol. The van der Waals surface area contributed by atoms with Crippen molar-refractivity contribution in [2.75, 3.05) is 34.2 Å². The van der Waals surface area contributed by atoms with Crippen LogP contribution in [-0.2, 0) is 19.1 Å². The van der Waals surface area contributed by atoms with Gasteiger partial charge in [0.25, 0.3) is 0 Å². The maximum absolute atomic E-state index is 11.1. The fourth-order valence-corrected chi connectivity index (χ4v) is 1.22. The molecule has 0 saturated heterocycles. The molecule has 0 radical (unpaired) electrons. The van der Waals surface area contributed by atoms with E-state index in [0.717, 1.165) is 0 Å². The lowest BCUT2D eigenvalue weighted by Crippen LogP contribution is -3.00. The average molecular weight is 329 g/mol. The molecule has 0 aliphatic heterocycles. The summed E-state index contributed by atoms with van der Waals surface area (Å²) < 4.78 is 5.62. The van der Waals surface area contributed by atoms with E-state index in [1.54, 1.807) is 6.92 Å². The van der Waals surface area contributed by atoms with Gasteiger partial charge in [0.15, 0.2) is 6.10 Å². The molecule has 0 heterocycles. The van der Waals surface area contributed by atoms with Crippen LogP contribution in [0.25, 0.3) is 0 Å². The Hall–Kier alpha value is -1.38. The Labute approximate surface area is 130 Å². The molecule has 0 fully saturated rings. The van der Waals surface area contributed by atoms with Crippen LogP contribution >= 0.6 is 0 Å². The first-order valence-corrected chi connectivity index (χ1v) is 6.15. The highest BCUT2D eigenvalue weighted by molar-refractivity contribution is 5.71. The lowest BCUT2D eigenvalue weighted by molar-refractivity contribution is -0.873. The fourth-order valence-electron chi connectivity index (χ4n) is 1.22. The summed E-state index contributed by atoms with van der Waals surface area (Å²) in [6.07, 6.45) is -0.413. The van der Waals surface area contributed by atoms with Gasteiger partial charge < -0.3 is 37.6 Å². The molecule has 0 amide bonds. The smallest absolute Gasteiger partial charge is 0.317 e. The van der Waals surface area contributed by atoms with Gasteiger partial charge in [0, 0.05) is 6.42 Å². The molecule has 0 aromatic carbocycles. The van der Waals surface area contributed by atoms with E-state index in [9.17, 15) is 14.4 Å². The number of hydrogen-bond acceptors (Lipinski definition) is 5. The molecule has 0 spiro atoms. The van der Waals surface area contributed by atoms with Crippen molar-refractivity contribution in [1.29, 1.82) is 0 Å². The van der Waals surface area contributed by atoms with Crippen molar-refractivity contribution in [2.45, 2.75) is 25.9 Å². The number of carbonyl (C=O) groups is 3.